The molecule has 2 N–H and O–H groups in total. The normalized spacial score (nSPS) is 24.8. The molecule has 1 aromatic carbocycles. The van der Waals surface area contributed by atoms with Crippen molar-refractivity contribution in [1.82, 2.24) is 0 Å². The molecular formula is C13H20N2OS. The van der Waals surface area contributed by atoms with Crippen LogP contribution in [0.25, 0.3) is 0 Å². The van der Waals surface area contributed by atoms with Gasteiger partial charge in [-0.3, -0.25) is 0 Å². The molecule has 94 valence electrons. The second-order valence-corrected chi connectivity index (χ2v) is 6.44. The fourth-order valence-corrected chi connectivity index (χ4v) is 3.69. The molecule has 2 atom stereocenters. The quantitative estimate of drug-likeness (QED) is 0.821. The van der Waals surface area contributed by atoms with Crippen LogP contribution >= 0.6 is 11.8 Å². The molecule has 17 heavy (non-hydrogen) atoms. The number of hydrogen-bond donors (Lipinski definition) is 1. The van der Waals surface area contributed by atoms with Gasteiger partial charge >= 0.3 is 0 Å². The van der Waals surface area contributed by atoms with Crippen molar-refractivity contribution in [2.24, 2.45) is 0 Å². The van der Waals surface area contributed by atoms with Crippen LogP contribution in [0.15, 0.2) is 18.2 Å². The lowest BCUT2D eigenvalue weighted by Gasteiger charge is -2.37. The third-order valence-electron chi connectivity index (χ3n) is 3.02. The fourth-order valence-electron chi connectivity index (χ4n) is 2.36. The predicted octanol–water partition coefficient (Wildman–Crippen LogP) is 2.61. The second kappa shape index (κ2) is 5.08. The maximum Gasteiger partial charge on any atom is 0.143 e. The second-order valence-electron chi connectivity index (χ2n) is 4.56. The summed E-state index contributed by atoms with van der Waals surface area (Å²) in [5.74, 6) is 0.765. The van der Waals surface area contributed by atoms with E-state index in [1.807, 2.05) is 23.9 Å². The SMILES string of the molecule is COc1cccc(N2CC(C)SC(C)C2)c1N. The first-order chi connectivity index (χ1) is 8.11. The Morgan fingerprint density at radius 3 is 2.53 bits per heavy atom. The predicted molar refractivity (Wildman–Crippen MR) is 76.1 cm³/mol. The highest BCUT2D eigenvalue weighted by atomic mass is 32.2. The molecule has 0 aromatic heterocycles. The first-order valence-corrected chi connectivity index (χ1v) is 6.89. The van der Waals surface area contributed by atoms with Gasteiger partial charge in [-0.1, -0.05) is 19.9 Å². The van der Waals surface area contributed by atoms with Gasteiger partial charge in [0.1, 0.15) is 5.75 Å². The van der Waals surface area contributed by atoms with Crippen LogP contribution in [-0.2, 0) is 0 Å². The molecule has 0 spiro atoms. The molecule has 3 nitrogen and oxygen atoms in total. The third-order valence-corrected chi connectivity index (χ3v) is 4.25. The average Bonchev–Trinajstić information content (AvgIpc) is 2.28. The number of hydrogen-bond acceptors (Lipinski definition) is 4. The number of nitrogen functional groups attached to an aromatic ring is 1. The number of benzene rings is 1. The molecular weight excluding hydrogens is 232 g/mol. The summed E-state index contributed by atoms with van der Waals surface area (Å²) < 4.78 is 5.27. The van der Waals surface area contributed by atoms with Crippen molar-refractivity contribution in [3.8, 4) is 5.75 Å². The zero-order valence-corrected chi connectivity index (χ0v) is 11.5. The minimum Gasteiger partial charge on any atom is -0.495 e. The van der Waals surface area contributed by atoms with Gasteiger partial charge < -0.3 is 15.4 Å². The largest absolute Gasteiger partial charge is 0.495 e. The van der Waals surface area contributed by atoms with E-state index >= 15 is 0 Å². The molecule has 0 radical (unpaired) electrons. The van der Waals surface area contributed by atoms with Crippen LogP contribution in [0.1, 0.15) is 13.8 Å². The topological polar surface area (TPSA) is 38.5 Å². The molecule has 1 heterocycles. The van der Waals surface area contributed by atoms with E-state index in [0.717, 1.165) is 30.2 Å². The fraction of sp³-hybridized carbons (Fsp3) is 0.538. The van der Waals surface area contributed by atoms with Crippen molar-refractivity contribution in [3.63, 3.8) is 0 Å². The number of ether oxygens (including phenoxy) is 1. The number of methoxy groups -OCH3 is 1. The van der Waals surface area contributed by atoms with Crippen LogP contribution in [0.2, 0.25) is 0 Å². The number of thioether (sulfide) groups is 1. The standard InChI is InChI=1S/C13H20N2OS/c1-9-7-15(8-10(2)17-9)11-5-4-6-12(16-3)13(11)14/h4-6,9-10H,7-8,14H2,1-3H3. The Hall–Kier alpha value is -1.03. The van der Waals surface area contributed by atoms with E-state index < -0.39 is 0 Å². The van der Waals surface area contributed by atoms with E-state index in [9.17, 15) is 0 Å². The zero-order chi connectivity index (χ0) is 12.4. The van der Waals surface area contributed by atoms with Gasteiger partial charge in [0.25, 0.3) is 0 Å². The van der Waals surface area contributed by atoms with Gasteiger partial charge in [0.05, 0.1) is 18.5 Å². The molecule has 0 amide bonds. The van der Waals surface area contributed by atoms with Crippen LogP contribution in [0.5, 0.6) is 5.75 Å². The van der Waals surface area contributed by atoms with Crippen molar-refractivity contribution >= 4 is 23.1 Å². The highest BCUT2D eigenvalue weighted by Crippen LogP contribution is 2.35. The molecule has 1 saturated heterocycles. The summed E-state index contributed by atoms with van der Waals surface area (Å²) in [6, 6.07) is 5.99. The maximum absolute atomic E-state index is 6.14. The molecule has 1 aliphatic heterocycles. The minimum absolute atomic E-state index is 0.643. The molecule has 1 aromatic rings. The maximum atomic E-state index is 6.14. The van der Waals surface area contributed by atoms with Gasteiger partial charge in [-0.2, -0.15) is 11.8 Å². The molecule has 1 aliphatic rings. The van der Waals surface area contributed by atoms with Gasteiger partial charge in [0.15, 0.2) is 0 Å². The number of nitrogens with zero attached hydrogens (tertiary/aromatic N) is 1. The molecule has 2 unspecified atom stereocenters. The van der Waals surface area contributed by atoms with Crippen LogP contribution in [0, 0.1) is 0 Å². The summed E-state index contributed by atoms with van der Waals surface area (Å²) in [7, 11) is 1.66. The van der Waals surface area contributed by atoms with Crippen molar-refractivity contribution in [2.75, 3.05) is 30.8 Å². The molecule has 4 heteroatoms. The van der Waals surface area contributed by atoms with Crippen molar-refractivity contribution in [2.45, 2.75) is 24.3 Å². The molecule has 1 fully saturated rings. The van der Waals surface area contributed by atoms with Crippen LogP contribution < -0.4 is 15.4 Å². The Balaban J connectivity index is 2.27. The van der Waals surface area contributed by atoms with E-state index in [1.165, 1.54) is 0 Å². The van der Waals surface area contributed by atoms with Crippen LogP contribution in [0.3, 0.4) is 0 Å². The highest BCUT2D eigenvalue weighted by Gasteiger charge is 2.24. The monoisotopic (exact) mass is 252 g/mol. The van der Waals surface area contributed by atoms with Gasteiger partial charge in [0.2, 0.25) is 0 Å². The van der Waals surface area contributed by atoms with Gasteiger partial charge in [0, 0.05) is 23.6 Å². The van der Waals surface area contributed by atoms with E-state index in [4.69, 9.17) is 10.5 Å². The average molecular weight is 252 g/mol. The smallest absolute Gasteiger partial charge is 0.143 e. The summed E-state index contributed by atoms with van der Waals surface area (Å²) in [4.78, 5) is 2.36. The molecule has 2 rings (SSSR count). The molecule has 0 aliphatic carbocycles. The first-order valence-electron chi connectivity index (χ1n) is 5.94. The Morgan fingerprint density at radius 1 is 1.29 bits per heavy atom. The van der Waals surface area contributed by atoms with Gasteiger partial charge in [-0.25, -0.2) is 0 Å². The van der Waals surface area contributed by atoms with E-state index in [2.05, 4.69) is 24.8 Å². The van der Waals surface area contributed by atoms with Crippen LogP contribution in [0.4, 0.5) is 11.4 Å². The van der Waals surface area contributed by atoms with Gasteiger partial charge in [-0.05, 0) is 12.1 Å². The molecule has 0 bridgehead atoms. The lowest BCUT2D eigenvalue weighted by atomic mass is 10.2. The van der Waals surface area contributed by atoms with Crippen molar-refractivity contribution in [1.29, 1.82) is 0 Å². The summed E-state index contributed by atoms with van der Waals surface area (Å²) in [5, 5.41) is 1.29. The lowest BCUT2D eigenvalue weighted by Crippen LogP contribution is -2.40. The van der Waals surface area contributed by atoms with E-state index in [0.29, 0.717) is 10.5 Å². The summed E-state index contributed by atoms with van der Waals surface area (Å²) in [6.07, 6.45) is 0. The van der Waals surface area contributed by atoms with E-state index in [-0.39, 0.29) is 0 Å². The van der Waals surface area contributed by atoms with Crippen molar-refractivity contribution < 1.29 is 4.74 Å². The first kappa shape index (κ1) is 12.4. The van der Waals surface area contributed by atoms with Gasteiger partial charge in [-0.15, -0.1) is 0 Å². The Labute approximate surface area is 107 Å². The van der Waals surface area contributed by atoms with E-state index in [1.54, 1.807) is 7.11 Å². The Morgan fingerprint density at radius 2 is 1.94 bits per heavy atom. The van der Waals surface area contributed by atoms with Crippen molar-refractivity contribution in [3.05, 3.63) is 18.2 Å². The molecule has 0 saturated carbocycles. The number of rotatable bonds is 2. The number of nitrogens with two attached hydrogens (primary N) is 1. The zero-order valence-electron chi connectivity index (χ0n) is 10.6. The lowest BCUT2D eigenvalue weighted by molar-refractivity contribution is 0.417. The Kier molecular flexibility index (Phi) is 3.72. The summed E-state index contributed by atoms with van der Waals surface area (Å²) in [6.45, 7) is 6.63. The minimum atomic E-state index is 0.643. The highest BCUT2D eigenvalue weighted by molar-refractivity contribution is 8.00. The summed E-state index contributed by atoms with van der Waals surface area (Å²) >= 11 is 2.04. The summed E-state index contributed by atoms with van der Waals surface area (Å²) in [5.41, 5.74) is 7.99. The third kappa shape index (κ3) is 2.63. The van der Waals surface area contributed by atoms with Crippen LogP contribution in [-0.4, -0.2) is 30.7 Å². The number of para-hydroxylation sites is 1. The Bertz CT molecular complexity index is 387. The number of anilines is 2.